The molecule has 0 spiro atoms. The van der Waals surface area contributed by atoms with E-state index in [2.05, 4.69) is 20.3 Å². The van der Waals surface area contributed by atoms with Crippen molar-refractivity contribution in [3.8, 4) is 0 Å². The van der Waals surface area contributed by atoms with E-state index in [9.17, 15) is 14.4 Å². The lowest BCUT2D eigenvalue weighted by atomic mass is 10.4. The highest BCUT2D eigenvalue weighted by Crippen LogP contribution is 1.95. The minimum absolute atomic E-state index is 0.237. The molecular formula is C10H12N6O3. The smallest absolute Gasteiger partial charge is 0.265 e. The number of likely N-dealkylation sites (N-methyl/N-ethyl adjacent to an activating group) is 1. The Labute approximate surface area is 106 Å². The fourth-order valence-corrected chi connectivity index (χ4v) is 1.46. The molecular weight excluding hydrogens is 252 g/mol. The third-order valence-electron chi connectivity index (χ3n) is 2.46. The van der Waals surface area contributed by atoms with Crippen LogP contribution in [0.15, 0.2) is 28.0 Å². The first kappa shape index (κ1) is 12.7. The topological polar surface area (TPSA) is 117 Å². The monoisotopic (exact) mass is 264 g/mol. The van der Waals surface area contributed by atoms with Crippen LogP contribution < -0.4 is 11.1 Å². The van der Waals surface area contributed by atoms with Crippen LogP contribution in [0.5, 0.6) is 0 Å². The van der Waals surface area contributed by atoms with Gasteiger partial charge in [0, 0.05) is 19.2 Å². The highest BCUT2D eigenvalue weighted by molar-refractivity contribution is 5.75. The second kappa shape index (κ2) is 5.29. The molecule has 2 aromatic heterocycles. The summed E-state index contributed by atoms with van der Waals surface area (Å²) in [6.45, 7) is 0.00417. The summed E-state index contributed by atoms with van der Waals surface area (Å²) in [5.74, 6) is 0.199. The molecule has 1 amide bonds. The van der Waals surface area contributed by atoms with E-state index in [1.165, 1.54) is 11.2 Å². The first-order valence-corrected chi connectivity index (χ1v) is 5.44. The summed E-state index contributed by atoms with van der Waals surface area (Å²) in [6, 6.07) is 2.23. The maximum Gasteiger partial charge on any atom is 0.265 e. The number of carbonyl (C=O) groups excluding carboxylic acids is 1. The van der Waals surface area contributed by atoms with Gasteiger partial charge in [-0.3, -0.25) is 24.6 Å². The predicted molar refractivity (Wildman–Crippen MR) is 64.2 cm³/mol. The number of rotatable bonds is 4. The number of H-pyrrole nitrogens is 2. The number of aromatic amines is 2. The number of nitrogens with one attached hydrogen (secondary N) is 2. The van der Waals surface area contributed by atoms with E-state index in [0.717, 1.165) is 16.8 Å². The Kier molecular flexibility index (Phi) is 3.55. The third kappa shape index (κ3) is 3.15. The molecule has 0 saturated carbocycles. The van der Waals surface area contributed by atoms with Crippen molar-refractivity contribution in [3.63, 3.8) is 0 Å². The van der Waals surface area contributed by atoms with Crippen LogP contribution >= 0.6 is 0 Å². The van der Waals surface area contributed by atoms with E-state index in [4.69, 9.17) is 0 Å². The van der Waals surface area contributed by atoms with Gasteiger partial charge in [0.25, 0.3) is 11.1 Å². The number of amides is 1. The van der Waals surface area contributed by atoms with Gasteiger partial charge in [0.05, 0.1) is 6.54 Å². The van der Waals surface area contributed by atoms with Crippen LogP contribution in [0.4, 0.5) is 0 Å². The summed E-state index contributed by atoms with van der Waals surface area (Å²) >= 11 is 0. The maximum atomic E-state index is 11.9. The van der Waals surface area contributed by atoms with Gasteiger partial charge in [0.2, 0.25) is 5.91 Å². The molecule has 0 fully saturated rings. The molecule has 0 aromatic carbocycles. The molecule has 9 heteroatoms. The molecule has 9 nitrogen and oxygen atoms in total. The van der Waals surface area contributed by atoms with Crippen LogP contribution in [0.25, 0.3) is 0 Å². The molecule has 0 bridgehead atoms. The minimum Gasteiger partial charge on any atom is -0.337 e. The molecule has 0 aliphatic rings. The van der Waals surface area contributed by atoms with E-state index in [1.54, 1.807) is 7.05 Å². The van der Waals surface area contributed by atoms with Gasteiger partial charge in [-0.15, -0.1) is 0 Å². The summed E-state index contributed by atoms with van der Waals surface area (Å²) in [4.78, 5) is 39.7. The first-order valence-electron chi connectivity index (χ1n) is 5.44. The average molecular weight is 264 g/mol. The lowest BCUT2D eigenvalue weighted by Crippen LogP contribution is -2.36. The zero-order valence-electron chi connectivity index (χ0n) is 10.2. The SMILES string of the molecule is CN(Cc1ncn[nH]1)C(=O)Cn1[nH]c(=O)ccc1=O. The van der Waals surface area contributed by atoms with Crippen molar-refractivity contribution in [3.05, 3.63) is 45.0 Å². The Bertz CT molecular complexity index is 671. The quantitative estimate of drug-likeness (QED) is 0.683. The highest BCUT2D eigenvalue weighted by Gasteiger charge is 2.12. The largest absolute Gasteiger partial charge is 0.337 e. The van der Waals surface area contributed by atoms with Crippen molar-refractivity contribution in [1.82, 2.24) is 29.9 Å². The normalized spacial score (nSPS) is 10.4. The van der Waals surface area contributed by atoms with E-state index >= 15 is 0 Å². The van der Waals surface area contributed by atoms with Gasteiger partial charge in [-0.25, -0.2) is 9.67 Å². The fraction of sp³-hybridized carbons (Fsp3) is 0.300. The standard InChI is InChI=1S/C10H12N6O3/c1-15(4-7-11-6-12-13-7)10(19)5-16-9(18)3-2-8(17)14-16/h2-3,6H,4-5H2,1H3,(H,14,17)(H,11,12,13). The second-order valence-electron chi connectivity index (χ2n) is 3.92. The van der Waals surface area contributed by atoms with Crippen LogP contribution in [-0.4, -0.2) is 42.8 Å². The van der Waals surface area contributed by atoms with Crippen molar-refractivity contribution < 1.29 is 4.79 Å². The van der Waals surface area contributed by atoms with Gasteiger partial charge in [0.15, 0.2) is 0 Å². The first-order chi connectivity index (χ1) is 9.06. The minimum atomic E-state index is -0.444. The molecule has 0 saturated heterocycles. The number of aromatic nitrogens is 5. The molecule has 2 rings (SSSR count). The molecule has 0 unspecified atom stereocenters. The average Bonchev–Trinajstić information content (AvgIpc) is 2.86. The van der Waals surface area contributed by atoms with Gasteiger partial charge < -0.3 is 4.90 Å². The van der Waals surface area contributed by atoms with Crippen molar-refractivity contribution in [2.45, 2.75) is 13.1 Å². The van der Waals surface area contributed by atoms with Crippen molar-refractivity contribution in [2.24, 2.45) is 0 Å². The number of hydrogen-bond donors (Lipinski definition) is 2. The van der Waals surface area contributed by atoms with E-state index in [1.807, 2.05) is 0 Å². The molecule has 0 atom stereocenters. The second-order valence-corrected chi connectivity index (χ2v) is 3.92. The summed E-state index contributed by atoms with van der Waals surface area (Å²) in [5, 5.41) is 8.58. The third-order valence-corrected chi connectivity index (χ3v) is 2.46. The van der Waals surface area contributed by atoms with Gasteiger partial charge in [-0.2, -0.15) is 5.10 Å². The summed E-state index contributed by atoms with van der Waals surface area (Å²) < 4.78 is 0.960. The van der Waals surface area contributed by atoms with Gasteiger partial charge in [-0.1, -0.05) is 0 Å². The Morgan fingerprint density at radius 2 is 2.21 bits per heavy atom. The number of nitrogens with zero attached hydrogens (tertiary/aromatic N) is 4. The van der Waals surface area contributed by atoms with E-state index in [0.29, 0.717) is 5.82 Å². The molecule has 2 N–H and O–H groups in total. The molecule has 0 aliphatic carbocycles. The van der Waals surface area contributed by atoms with Crippen molar-refractivity contribution in [2.75, 3.05) is 7.05 Å². The van der Waals surface area contributed by atoms with E-state index < -0.39 is 11.1 Å². The Balaban J connectivity index is 2.06. The molecule has 100 valence electrons. The Morgan fingerprint density at radius 3 is 2.89 bits per heavy atom. The Morgan fingerprint density at radius 1 is 1.42 bits per heavy atom. The predicted octanol–water partition coefficient (Wildman–Crippen LogP) is -1.69. The van der Waals surface area contributed by atoms with Gasteiger partial charge >= 0.3 is 0 Å². The van der Waals surface area contributed by atoms with Crippen LogP contribution in [-0.2, 0) is 17.9 Å². The molecule has 19 heavy (non-hydrogen) atoms. The number of hydrogen-bond acceptors (Lipinski definition) is 5. The lowest BCUT2D eigenvalue weighted by molar-refractivity contribution is -0.131. The van der Waals surface area contributed by atoms with Crippen molar-refractivity contribution in [1.29, 1.82) is 0 Å². The maximum absolute atomic E-state index is 11.9. The van der Waals surface area contributed by atoms with Crippen LogP contribution in [0.2, 0.25) is 0 Å². The highest BCUT2D eigenvalue weighted by atomic mass is 16.2. The molecule has 0 radical (unpaired) electrons. The van der Waals surface area contributed by atoms with E-state index in [-0.39, 0.29) is 19.0 Å². The fourth-order valence-electron chi connectivity index (χ4n) is 1.46. The van der Waals surface area contributed by atoms with Crippen molar-refractivity contribution >= 4 is 5.91 Å². The summed E-state index contributed by atoms with van der Waals surface area (Å²) in [6.07, 6.45) is 1.34. The van der Waals surface area contributed by atoms with Crippen LogP contribution in [0, 0.1) is 0 Å². The van der Waals surface area contributed by atoms with Gasteiger partial charge in [-0.05, 0) is 0 Å². The number of carbonyl (C=O) groups is 1. The Hall–Kier alpha value is -2.71. The summed E-state index contributed by atoms with van der Waals surface area (Å²) in [7, 11) is 1.57. The van der Waals surface area contributed by atoms with Crippen LogP contribution in [0.3, 0.4) is 0 Å². The molecule has 2 aromatic rings. The van der Waals surface area contributed by atoms with Crippen LogP contribution in [0.1, 0.15) is 5.82 Å². The zero-order chi connectivity index (χ0) is 13.8. The summed E-state index contributed by atoms with van der Waals surface area (Å²) in [5.41, 5.74) is -0.883. The zero-order valence-corrected chi connectivity index (χ0v) is 10.2. The molecule has 2 heterocycles. The molecule has 0 aliphatic heterocycles. The lowest BCUT2D eigenvalue weighted by Gasteiger charge is -2.15. The van der Waals surface area contributed by atoms with Gasteiger partial charge in [0.1, 0.15) is 18.7 Å².